The van der Waals surface area contributed by atoms with E-state index in [-0.39, 0.29) is 5.82 Å². The van der Waals surface area contributed by atoms with Crippen molar-refractivity contribution in [1.82, 2.24) is 9.38 Å². The van der Waals surface area contributed by atoms with E-state index in [1.54, 1.807) is 24.3 Å². The van der Waals surface area contributed by atoms with Crippen LogP contribution in [0.2, 0.25) is 0 Å². The number of pyridine rings is 1. The molecule has 2 aromatic heterocycles. The van der Waals surface area contributed by atoms with Crippen LogP contribution in [0.15, 0.2) is 60.7 Å². The summed E-state index contributed by atoms with van der Waals surface area (Å²) in [4.78, 5) is 15.9. The number of carbonyl (C=O) groups excluding carboxylic acids is 1. The average molecular weight is 320 g/mol. The van der Waals surface area contributed by atoms with Crippen molar-refractivity contribution in [3.63, 3.8) is 0 Å². The number of imidazole rings is 1. The summed E-state index contributed by atoms with van der Waals surface area (Å²) in [7, 11) is 0. The Morgan fingerprint density at radius 2 is 1.83 bits per heavy atom. The maximum atomic E-state index is 13.3. The van der Waals surface area contributed by atoms with E-state index in [4.69, 9.17) is 4.74 Å². The van der Waals surface area contributed by atoms with E-state index in [1.807, 2.05) is 28.7 Å². The second-order valence-electron chi connectivity index (χ2n) is 5.47. The summed E-state index contributed by atoms with van der Waals surface area (Å²) in [5.41, 5.74) is 4.01. The quantitative estimate of drug-likeness (QED) is 0.519. The monoisotopic (exact) mass is 320 g/mol. The van der Waals surface area contributed by atoms with Gasteiger partial charge in [-0.1, -0.05) is 12.1 Å². The highest BCUT2D eigenvalue weighted by molar-refractivity contribution is 5.85. The molecule has 0 saturated carbocycles. The number of benzene rings is 2. The Labute approximate surface area is 137 Å². The van der Waals surface area contributed by atoms with Gasteiger partial charge in [0.15, 0.2) is 0 Å². The first-order chi connectivity index (χ1) is 11.6. The number of aromatic nitrogens is 2. The van der Waals surface area contributed by atoms with Gasteiger partial charge in [0.05, 0.1) is 16.7 Å². The number of carbonyl (C=O) groups is 1. The number of esters is 1. The van der Waals surface area contributed by atoms with Crippen LogP contribution >= 0.6 is 0 Å². The van der Waals surface area contributed by atoms with Gasteiger partial charge in [0.2, 0.25) is 0 Å². The number of halogens is 1. The summed E-state index contributed by atoms with van der Waals surface area (Å²) in [6.45, 7) is 1.35. The fourth-order valence-electron chi connectivity index (χ4n) is 2.82. The zero-order valence-electron chi connectivity index (χ0n) is 12.9. The molecule has 4 nitrogen and oxygen atoms in total. The number of ether oxygens (including phenoxy) is 1. The van der Waals surface area contributed by atoms with Crippen LogP contribution in [0.4, 0.5) is 4.39 Å². The van der Waals surface area contributed by atoms with Crippen molar-refractivity contribution < 1.29 is 13.9 Å². The Balaban J connectivity index is 2.06. The molecule has 0 unspecified atom stereocenters. The van der Waals surface area contributed by atoms with Gasteiger partial charge in [-0.2, -0.15) is 0 Å². The zero-order chi connectivity index (χ0) is 16.7. The largest absolute Gasteiger partial charge is 0.427 e. The third-order valence-electron chi connectivity index (χ3n) is 3.78. The first-order valence-corrected chi connectivity index (χ1v) is 7.47. The lowest BCUT2D eigenvalue weighted by atomic mass is 10.1. The summed E-state index contributed by atoms with van der Waals surface area (Å²) in [6.07, 6.45) is 0. The Hall–Kier alpha value is -3.21. The maximum Gasteiger partial charge on any atom is 0.308 e. The third kappa shape index (κ3) is 2.40. The van der Waals surface area contributed by atoms with Crippen LogP contribution in [-0.4, -0.2) is 15.4 Å². The molecule has 118 valence electrons. The number of hydrogen-bond acceptors (Lipinski definition) is 3. The van der Waals surface area contributed by atoms with Crippen LogP contribution in [0.1, 0.15) is 6.92 Å². The number of para-hydroxylation sites is 2. The minimum Gasteiger partial charge on any atom is -0.427 e. The first-order valence-electron chi connectivity index (χ1n) is 7.47. The molecule has 0 aliphatic carbocycles. The average Bonchev–Trinajstić information content (AvgIpc) is 2.92. The minimum atomic E-state index is -0.402. The second-order valence-corrected chi connectivity index (χ2v) is 5.47. The van der Waals surface area contributed by atoms with Gasteiger partial charge in [0, 0.05) is 19.1 Å². The van der Waals surface area contributed by atoms with Gasteiger partial charge in [0.25, 0.3) is 0 Å². The van der Waals surface area contributed by atoms with Crippen molar-refractivity contribution in [1.29, 1.82) is 0 Å². The van der Waals surface area contributed by atoms with Crippen molar-refractivity contribution in [2.24, 2.45) is 0 Å². The highest BCUT2D eigenvalue weighted by atomic mass is 19.1. The van der Waals surface area contributed by atoms with Crippen molar-refractivity contribution >= 4 is 22.6 Å². The number of fused-ring (bicyclic) bond motifs is 3. The number of nitrogens with zero attached hydrogens (tertiary/aromatic N) is 2. The van der Waals surface area contributed by atoms with Crippen molar-refractivity contribution in [2.45, 2.75) is 6.92 Å². The fraction of sp³-hybridized carbons (Fsp3) is 0.0526. The van der Waals surface area contributed by atoms with Crippen LogP contribution in [0.3, 0.4) is 0 Å². The predicted octanol–water partition coefficient (Wildman–Crippen LogP) is 4.22. The molecule has 4 rings (SSSR count). The number of rotatable bonds is 2. The van der Waals surface area contributed by atoms with E-state index >= 15 is 0 Å². The lowest BCUT2D eigenvalue weighted by Gasteiger charge is -2.10. The highest BCUT2D eigenvalue weighted by Gasteiger charge is 2.13. The van der Waals surface area contributed by atoms with Crippen molar-refractivity contribution in [3.8, 4) is 17.0 Å². The summed E-state index contributed by atoms with van der Waals surface area (Å²) in [5, 5.41) is 0. The molecule has 0 amide bonds. The van der Waals surface area contributed by atoms with Gasteiger partial charge in [0.1, 0.15) is 17.2 Å². The van der Waals surface area contributed by atoms with Gasteiger partial charge >= 0.3 is 5.97 Å². The summed E-state index contributed by atoms with van der Waals surface area (Å²) in [5.74, 6) is -0.299. The van der Waals surface area contributed by atoms with E-state index in [1.165, 1.54) is 19.1 Å². The van der Waals surface area contributed by atoms with Crippen LogP contribution in [0, 0.1) is 5.82 Å². The van der Waals surface area contributed by atoms with E-state index in [2.05, 4.69) is 4.98 Å². The lowest BCUT2D eigenvalue weighted by molar-refractivity contribution is -0.131. The topological polar surface area (TPSA) is 43.6 Å². The summed E-state index contributed by atoms with van der Waals surface area (Å²) >= 11 is 0. The minimum absolute atomic E-state index is 0.304. The Kier molecular flexibility index (Phi) is 3.27. The Bertz CT molecular complexity index is 1070. The van der Waals surface area contributed by atoms with E-state index in [0.29, 0.717) is 11.4 Å². The van der Waals surface area contributed by atoms with E-state index in [0.717, 1.165) is 22.3 Å². The molecular formula is C19H13FN2O2. The molecule has 2 aromatic carbocycles. The third-order valence-corrected chi connectivity index (χ3v) is 3.78. The van der Waals surface area contributed by atoms with Gasteiger partial charge in [-0.3, -0.25) is 9.20 Å². The second kappa shape index (κ2) is 5.45. The van der Waals surface area contributed by atoms with Gasteiger partial charge in [-0.25, -0.2) is 9.37 Å². The van der Waals surface area contributed by atoms with E-state index < -0.39 is 5.97 Å². The normalized spacial score (nSPS) is 11.1. The molecular weight excluding hydrogens is 307 g/mol. The van der Waals surface area contributed by atoms with Crippen molar-refractivity contribution in [2.75, 3.05) is 0 Å². The standard InChI is InChI=1S/C19H13FN2O2/c1-12(23)24-15-10-18(13-6-8-14(20)9-7-13)22-17-5-3-2-4-16(17)21-19(22)11-15/h2-11H,1H3. The SMILES string of the molecule is CC(=O)Oc1cc(-c2ccc(F)cc2)n2c(c1)nc1ccccc12. The molecule has 0 aliphatic heterocycles. The maximum absolute atomic E-state index is 13.3. The predicted molar refractivity (Wildman–Crippen MR) is 89.4 cm³/mol. The molecule has 0 N–H and O–H groups in total. The van der Waals surface area contributed by atoms with Gasteiger partial charge in [-0.05, 0) is 42.0 Å². The smallest absolute Gasteiger partial charge is 0.308 e. The molecule has 0 bridgehead atoms. The first kappa shape index (κ1) is 14.4. The molecule has 2 heterocycles. The molecule has 0 spiro atoms. The molecule has 4 aromatic rings. The van der Waals surface area contributed by atoms with Crippen LogP contribution in [0.25, 0.3) is 27.9 Å². The molecule has 0 aliphatic rings. The summed E-state index contributed by atoms with van der Waals surface area (Å²) < 4.78 is 20.5. The Morgan fingerprint density at radius 1 is 1.08 bits per heavy atom. The van der Waals surface area contributed by atoms with E-state index in [9.17, 15) is 9.18 Å². The van der Waals surface area contributed by atoms with Gasteiger partial charge < -0.3 is 4.74 Å². The summed E-state index contributed by atoms with van der Waals surface area (Å²) in [6, 6.07) is 17.4. The molecule has 5 heteroatoms. The zero-order valence-corrected chi connectivity index (χ0v) is 12.9. The van der Waals surface area contributed by atoms with Gasteiger partial charge in [-0.15, -0.1) is 0 Å². The van der Waals surface area contributed by atoms with Crippen LogP contribution in [-0.2, 0) is 4.79 Å². The highest BCUT2D eigenvalue weighted by Crippen LogP contribution is 2.30. The molecule has 0 fully saturated rings. The number of hydrogen-bond donors (Lipinski definition) is 0. The fourth-order valence-corrected chi connectivity index (χ4v) is 2.82. The lowest BCUT2D eigenvalue weighted by Crippen LogP contribution is -2.03. The van der Waals surface area contributed by atoms with Crippen LogP contribution in [0.5, 0.6) is 5.75 Å². The van der Waals surface area contributed by atoms with Crippen molar-refractivity contribution in [3.05, 3.63) is 66.5 Å². The van der Waals surface area contributed by atoms with Crippen LogP contribution < -0.4 is 4.74 Å². The molecule has 24 heavy (non-hydrogen) atoms. The molecule has 0 radical (unpaired) electrons. The molecule has 0 atom stereocenters. The molecule has 0 saturated heterocycles. The Morgan fingerprint density at radius 3 is 2.58 bits per heavy atom.